The quantitative estimate of drug-likeness (QED) is 0.644. The van der Waals surface area contributed by atoms with Crippen LogP contribution in [0.2, 0.25) is 0 Å². The van der Waals surface area contributed by atoms with Crippen LogP contribution in [0.4, 0.5) is 0 Å². The molecule has 0 amide bonds. The lowest BCUT2D eigenvalue weighted by molar-refractivity contribution is 0.287. The normalized spacial score (nSPS) is 14.8. The van der Waals surface area contributed by atoms with Gasteiger partial charge in [0, 0.05) is 11.6 Å². The molecule has 0 aromatic carbocycles. The number of rotatable bonds is 6. The molecule has 0 saturated heterocycles. The molecule has 1 unspecified atom stereocenters. The molecule has 0 aromatic heterocycles. The molecule has 2 nitrogen and oxygen atoms in total. The molecule has 0 spiro atoms. The van der Waals surface area contributed by atoms with Crippen LogP contribution in [0.15, 0.2) is 0 Å². The zero-order valence-electron chi connectivity index (χ0n) is 8.77. The third-order valence-electron chi connectivity index (χ3n) is 2.61. The van der Waals surface area contributed by atoms with E-state index in [-0.39, 0.29) is 11.6 Å². The van der Waals surface area contributed by atoms with Gasteiger partial charge in [0.15, 0.2) is 0 Å². The second-order valence-corrected chi connectivity index (χ2v) is 3.75. The van der Waals surface area contributed by atoms with Gasteiger partial charge in [0.25, 0.3) is 0 Å². The molecule has 0 heterocycles. The molecular formula is C10H24N2. The molecule has 2 heteroatoms. The van der Waals surface area contributed by atoms with E-state index < -0.39 is 0 Å². The predicted octanol–water partition coefficient (Wildman–Crippen LogP) is 2.02. The van der Waals surface area contributed by atoms with E-state index in [9.17, 15) is 0 Å². The fraction of sp³-hybridized carbons (Fsp3) is 1.00. The van der Waals surface area contributed by atoms with Crippen LogP contribution in [0.5, 0.6) is 0 Å². The summed E-state index contributed by atoms with van der Waals surface area (Å²) in [4.78, 5) is 0. The fourth-order valence-corrected chi connectivity index (χ4v) is 1.83. The monoisotopic (exact) mass is 172 g/mol. The Bertz CT molecular complexity index is 106. The maximum absolute atomic E-state index is 6.25. The fourth-order valence-electron chi connectivity index (χ4n) is 1.83. The molecule has 0 aliphatic heterocycles. The second kappa shape index (κ2) is 5.55. The number of hydrogen-bond acceptors (Lipinski definition) is 2. The van der Waals surface area contributed by atoms with Gasteiger partial charge >= 0.3 is 0 Å². The Morgan fingerprint density at radius 1 is 1.08 bits per heavy atom. The van der Waals surface area contributed by atoms with Crippen molar-refractivity contribution in [2.75, 3.05) is 0 Å². The Morgan fingerprint density at radius 3 is 1.75 bits per heavy atom. The van der Waals surface area contributed by atoms with Gasteiger partial charge in [-0.15, -0.1) is 0 Å². The van der Waals surface area contributed by atoms with Crippen molar-refractivity contribution in [3.8, 4) is 0 Å². The average molecular weight is 172 g/mol. The van der Waals surface area contributed by atoms with E-state index in [4.69, 9.17) is 11.5 Å². The van der Waals surface area contributed by atoms with Crippen molar-refractivity contribution in [1.82, 2.24) is 0 Å². The van der Waals surface area contributed by atoms with Gasteiger partial charge in [0.1, 0.15) is 0 Å². The van der Waals surface area contributed by atoms with Crippen LogP contribution in [0, 0.1) is 0 Å². The molecule has 0 aliphatic carbocycles. The van der Waals surface area contributed by atoms with Gasteiger partial charge in [-0.1, -0.05) is 33.6 Å². The first-order chi connectivity index (χ1) is 5.60. The third kappa shape index (κ3) is 3.11. The molecule has 4 N–H and O–H groups in total. The topological polar surface area (TPSA) is 52.0 Å². The molecule has 0 radical (unpaired) electrons. The van der Waals surface area contributed by atoms with Crippen LogP contribution < -0.4 is 11.5 Å². The Hall–Kier alpha value is -0.0800. The standard InChI is InChI=1S/C10H24N2/c1-4-7-10(12,8-5-2)9(11)6-3/h9H,4-8,11-12H2,1-3H3. The molecule has 74 valence electrons. The lowest BCUT2D eigenvalue weighted by Gasteiger charge is -2.34. The van der Waals surface area contributed by atoms with E-state index in [0.717, 1.165) is 32.1 Å². The number of hydrogen-bond donors (Lipinski definition) is 2. The van der Waals surface area contributed by atoms with Crippen molar-refractivity contribution < 1.29 is 0 Å². The highest BCUT2D eigenvalue weighted by molar-refractivity contribution is 4.92. The third-order valence-corrected chi connectivity index (χ3v) is 2.61. The second-order valence-electron chi connectivity index (χ2n) is 3.75. The first-order valence-corrected chi connectivity index (χ1v) is 5.15. The molecule has 1 atom stereocenters. The summed E-state index contributed by atoms with van der Waals surface area (Å²) in [6.45, 7) is 6.44. The van der Waals surface area contributed by atoms with Crippen molar-refractivity contribution in [3.63, 3.8) is 0 Å². The van der Waals surface area contributed by atoms with Crippen molar-refractivity contribution in [2.24, 2.45) is 11.5 Å². The molecular weight excluding hydrogens is 148 g/mol. The van der Waals surface area contributed by atoms with E-state index in [1.807, 2.05) is 0 Å². The Labute approximate surface area is 76.7 Å². The smallest absolute Gasteiger partial charge is 0.0307 e. The summed E-state index contributed by atoms with van der Waals surface area (Å²) in [5, 5.41) is 0. The first kappa shape index (κ1) is 11.9. The Morgan fingerprint density at radius 2 is 1.50 bits per heavy atom. The summed E-state index contributed by atoms with van der Waals surface area (Å²) in [5.74, 6) is 0. The van der Waals surface area contributed by atoms with Gasteiger partial charge in [0.2, 0.25) is 0 Å². The minimum Gasteiger partial charge on any atom is -0.326 e. The van der Waals surface area contributed by atoms with Crippen LogP contribution in [0.1, 0.15) is 52.9 Å². The minimum atomic E-state index is -0.113. The maximum Gasteiger partial charge on any atom is 0.0307 e. The Balaban J connectivity index is 4.15. The highest BCUT2D eigenvalue weighted by Gasteiger charge is 2.28. The van der Waals surface area contributed by atoms with E-state index >= 15 is 0 Å². The van der Waals surface area contributed by atoms with Gasteiger partial charge in [0.05, 0.1) is 0 Å². The largest absolute Gasteiger partial charge is 0.326 e. The average Bonchev–Trinajstić information content (AvgIpc) is 2.04. The van der Waals surface area contributed by atoms with E-state index in [0.29, 0.717) is 0 Å². The van der Waals surface area contributed by atoms with Crippen molar-refractivity contribution in [2.45, 2.75) is 64.5 Å². The van der Waals surface area contributed by atoms with Crippen molar-refractivity contribution in [1.29, 1.82) is 0 Å². The molecule has 0 fully saturated rings. The van der Waals surface area contributed by atoms with Crippen molar-refractivity contribution >= 4 is 0 Å². The lowest BCUT2D eigenvalue weighted by atomic mass is 9.82. The summed E-state index contributed by atoms with van der Waals surface area (Å²) < 4.78 is 0. The summed E-state index contributed by atoms with van der Waals surface area (Å²) >= 11 is 0. The zero-order chi connectivity index (χ0) is 9.61. The van der Waals surface area contributed by atoms with Crippen LogP contribution in [0.3, 0.4) is 0 Å². The van der Waals surface area contributed by atoms with Gasteiger partial charge < -0.3 is 11.5 Å². The SMILES string of the molecule is CCCC(N)(CCC)C(N)CC. The van der Waals surface area contributed by atoms with Crippen LogP contribution in [-0.4, -0.2) is 11.6 Å². The molecule has 0 aliphatic rings. The summed E-state index contributed by atoms with van der Waals surface area (Å²) in [5.41, 5.74) is 12.1. The molecule has 0 aromatic rings. The molecule has 0 saturated carbocycles. The molecule has 12 heavy (non-hydrogen) atoms. The Kier molecular flexibility index (Phi) is 5.51. The van der Waals surface area contributed by atoms with Crippen LogP contribution in [0.25, 0.3) is 0 Å². The maximum atomic E-state index is 6.25. The molecule has 0 rings (SSSR count). The van der Waals surface area contributed by atoms with Gasteiger partial charge in [-0.2, -0.15) is 0 Å². The molecule has 0 bridgehead atoms. The number of nitrogens with two attached hydrogens (primary N) is 2. The van der Waals surface area contributed by atoms with Gasteiger partial charge in [-0.25, -0.2) is 0 Å². The van der Waals surface area contributed by atoms with E-state index in [1.165, 1.54) is 0 Å². The summed E-state index contributed by atoms with van der Waals surface area (Å²) in [7, 11) is 0. The minimum absolute atomic E-state index is 0.113. The summed E-state index contributed by atoms with van der Waals surface area (Å²) in [6, 6.07) is 0.164. The predicted molar refractivity (Wildman–Crippen MR) is 55.0 cm³/mol. The zero-order valence-corrected chi connectivity index (χ0v) is 8.77. The van der Waals surface area contributed by atoms with E-state index in [2.05, 4.69) is 20.8 Å². The highest BCUT2D eigenvalue weighted by Crippen LogP contribution is 2.21. The van der Waals surface area contributed by atoms with Crippen LogP contribution in [-0.2, 0) is 0 Å². The van der Waals surface area contributed by atoms with E-state index in [1.54, 1.807) is 0 Å². The highest BCUT2D eigenvalue weighted by atomic mass is 14.8. The lowest BCUT2D eigenvalue weighted by Crippen LogP contribution is -2.54. The van der Waals surface area contributed by atoms with Gasteiger partial charge in [-0.3, -0.25) is 0 Å². The van der Waals surface area contributed by atoms with Crippen LogP contribution >= 0.6 is 0 Å². The van der Waals surface area contributed by atoms with Crippen molar-refractivity contribution in [3.05, 3.63) is 0 Å². The van der Waals surface area contributed by atoms with Gasteiger partial charge in [-0.05, 0) is 19.3 Å². The summed E-state index contributed by atoms with van der Waals surface area (Å²) in [6.07, 6.45) is 5.34. The first-order valence-electron chi connectivity index (χ1n) is 5.15.